The molecule has 0 aliphatic rings. The molecule has 0 aromatic heterocycles. The third-order valence-electron chi connectivity index (χ3n) is 4.38. The lowest BCUT2D eigenvalue weighted by Crippen LogP contribution is -2.17. The van der Waals surface area contributed by atoms with Crippen LogP contribution in [0.4, 0.5) is 0 Å². The number of hydrogen-bond donors (Lipinski definition) is 0. The number of unbranched alkanes of at least 4 members (excludes halogenated alkanes) is 1. The lowest BCUT2D eigenvalue weighted by molar-refractivity contribution is 0.0395. The Kier molecular flexibility index (Phi) is 10.0. The minimum absolute atomic E-state index is 0.0212. The predicted molar refractivity (Wildman–Crippen MR) is 119 cm³/mol. The molecule has 0 aliphatic carbocycles. The Morgan fingerprint density at radius 3 is 1.77 bits per heavy atom. The van der Waals surface area contributed by atoms with Crippen LogP contribution in [0.25, 0.3) is 0 Å². The van der Waals surface area contributed by atoms with Crippen molar-refractivity contribution in [3.05, 3.63) is 108 Å². The molecule has 0 aliphatic heterocycles. The average Bonchev–Trinajstić information content (AvgIpc) is 2.83. The highest BCUT2D eigenvalue weighted by atomic mass is 16.5. The molecule has 0 saturated carbocycles. The third-order valence-corrected chi connectivity index (χ3v) is 4.38. The summed E-state index contributed by atoms with van der Waals surface area (Å²) in [4.78, 5) is 23.4. The number of ether oxygens (including phenoxy) is 2. The van der Waals surface area contributed by atoms with Crippen molar-refractivity contribution in [2.75, 3.05) is 13.7 Å². The van der Waals surface area contributed by atoms with Gasteiger partial charge in [0.15, 0.2) is 5.78 Å². The second-order valence-electron chi connectivity index (χ2n) is 6.60. The molecule has 0 bridgehead atoms. The summed E-state index contributed by atoms with van der Waals surface area (Å²) in [5.74, 6) is -0.270. The Hall–Kier alpha value is -3.24. The van der Waals surface area contributed by atoms with E-state index in [1.54, 1.807) is 24.3 Å². The number of methoxy groups -OCH3 is 1. The number of esters is 1. The van der Waals surface area contributed by atoms with Crippen LogP contribution in [0.2, 0.25) is 0 Å². The van der Waals surface area contributed by atoms with Gasteiger partial charge in [0.25, 0.3) is 0 Å². The van der Waals surface area contributed by atoms with Gasteiger partial charge in [-0.1, -0.05) is 92.2 Å². The summed E-state index contributed by atoms with van der Waals surface area (Å²) in [6.07, 6.45) is 1.51. The molecule has 156 valence electrons. The van der Waals surface area contributed by atoms with Crippen LogP contribution < -0.4 is 0 Å². The van der Waals surface area contributed by atoms with E-state index in [0.29, 0.717) is 17.7 Å². The number of hydrogen-bond acceptors (Lipinski definition) is 4. The Bertz CT molecular complexity index is 877. The highest BCUT2D eigenvalue weighted by molar-refractivity contribution is 6.00. The molecule has 3 rings (SSSR count). The van der Waals surface area contributed by atoms with Gasteiger partial charge in [0.05, 0.1) is 12.7 Å². The van der Waals surface area contributed by atoms with Crippen molar-refractivity contribution in [1.29, 1.82) is 0 Å². The molecule has 3 aromatic carbocycles. The van der Waals surface area contributed by atoms with E-state index in [1.165, 1.54) is 7.11 Å². The fourth-order valence-corrected chi connectivity index (χ4v) is 2.74. The lowest BCUT2D eigenvalue weighted by Gasteiger charge is -2.17. The van der Waals surface area contributed by atoms with Crippen LogP contribution >= 0.6 is 0 Å². The number of benzene rings is 3. The van der Waals surface area contributed by atoms with E-state index in [2.05, 4.69) is 11.7 Å². The van der Waals surface area contributed by atoms with Crippen molar-refractivity contribution >= 4 is 11.8 Å². The van der Waals surface area contributed by atoms with Gasteiger partial charge in [0.2, 0.25) is 0 Å². The van der Waals surface area contributed by atoms with Crippen molar-refractivity contribution < 1.29 is 19.1 Å². The van der Waals surface area contributed by atoms with Crippen LogP contribution in [0.15, 0.2) is 91.0 Å². The normalized spacial score (nSPS) is 11.0. The minimum Gasteiger partial charge on any atom is -0.465 e. The molecule has 30 heavy (non-hydrogen) atoms. The summed E-state index contributed by atoms with van der Waals surface area (Å²) in [6, 6.07) is 27.9. The standard InChI is InChI=1S/C18H20O2.C8H8O2/c1-2-3-14-20-18(16-12-8-5-9-13-16)17(19)15-10-6-4-7-11-15;1-10-8(9)7-5-3-2-4-6-7/h4-13,18H,2-3,14H2,1H3;2-6H,1H3. The first-order valence-electron chi connectivity index (χ1n) is 10.1. The fraction of sp³-hybridized carbons (Fsp3) is 0.231. The molecular weight excluding hydrogens is 376 g/mol. The first kappa shape index (κ1) is 23.0. The van der Waals surface area contributed by atoms with Gasteiger partial charge in [-0.25, -0.2) is 4.79 Å². The molecule has 0 fully saturated rings. The smallest absolute Gasteiger partial charge is 0.337 e. The summed E-state index contributed by atoms with van der Waals surface area (Å²) in [5.41, 5.74) is 2.19. The first-order valence-corrected chi connectivity index (χ1v) is 10.1. The maximum atomic E-state index is 12.6. The van der Waals surface area contributed by atoms with Crippen LogP contribution in [-0.4, -0.2) is 25.5 Å². The molecule has 0 spiro atoms. The SMILES string of the molecule is CCCCOC(C(=O)c1ccccc1)c1ccccc1.COC(=O)c1ccccc1. The summed E-state index contributed by atoms with van der Waals surface area (Å²) in [7, 11) is 1.37. The molecule has 1 unspecified atom stereocenters. The van der Waals surface area contributed by atoms with Crippen molar-refractivity contribution in [2.45, 2.75) is 25.9 Å². The molecule has 0 saturated heterocycles. The van der Waals surface area contributed by atoms with Crippen LogP contribution in [0.3, 0.4) is 0 Å². The fourth-order valence-electron chi connectivity index (χ4n) is 2.74. The second-order valence-corrected chi connectivity index (χ2v) is 6.60. The van der Waals surface area contributed by atoms with E-state index >= 15 is 0 Å². The van der Waals surface area contributed by atoms with Crippen LogP contribution in [0.5, 0.6) is 0 Å². The summed E-state index contributed by atoms with van der Waals surface area (Å²) >= 11 is 0. The Morgan fingerprint density at radius 2 is 1.27 bits per heavy atom. The summed E-state index contributed by atoms with van der Waals surface area (Å²) < 4.78 is 10.3. The van der Waals surface area contributed by atoms with Gasteiger partial charge in [0, 0.05) is 12.2 Å². The highest BCUT2D eigenvalue weighted by Gasteiger charge is 2.22. The van der Waals surface area contributed by atoms with Crippen LogP contribution in [0.1, 0.15) is 52.1 Å². The first-order chi connectivity index (χ1) is 14.7. The molecular formula is C26H28O4. The number of rotatable bonds is 8. The van der Waals surface area contributed by atoms with E-state index < -0.39 is 6.10 Å². The Labute approximate surface area is 178 Å². The van der Waals surface area contributed by atoms with Crippen molar-refractivity contribution in [2.24, 2.45) is 0 Å². The molecule has 0 amide bonds. The molecule has 1 atom stereocenters. The number of carbonyl (C=O) groups excluding carboxylic acids is 2. The predicted octanol–water partition coefficient (Wildman–Crippen LogP) is 5.90. The third kappa shape index (κ3) is 7.30. The minimum atomic E-state index is -0.509. The zero-order valence-corrected chi connectivity index (χ0v) is 17.5. The van der Waals surface area contributed by atoms with E-state index in [0.717, 1.165) is 18.4 Å². The van der Waals surface area contributed by atoms with Crippen molar-refractivity contribution in [1.82, 2.24) is 0 Å². The van der Waals surface area contributed by atoms with Gasteiger partial charge in [0.1, 0.15) is 6.10 Å². The zero-order chi connectivity index (χ0) is 21.6. The molecule has 0 N–H and O–H groups in total. The number of Topliss-reactive ketones (excluding diaryl/α,β-unsaturated/α-hetero) is 1. The van der Waals surface area contributed by atoms with E-state index in [-0.39, 0.29) is 11.8 Å². The van der Waals surface area contributed by atoms with Gasteiger partial charge < -0.3 is 9.47 Å². The molecule has 0 heterocycles. The monoisotopic (exact) mass is 404 g/mol. The van der Waals surface area contributed by atoms with E-state index in [1.807, 2.05) is 66.7 Å². The average molecular weight is 405 g/mol. The maximum Gasteiger partial charge on any atom is 0.337 e. The Balaban J connectivity index is 0.000000269. The van der Waals surface area contributed by atoms with Crippen LogP contribution in [-0.2, 0) is 9.47 Å². The number of carbonyl (C=O) groups is 2. The second kappa shape index (κ2) is 13.1. The quantitative estimate of drug-likeness (QED) is 0.266. The van der Waals surface area contributed by atoms with Gasteiger partial charge in [-0.15, -0.1) is 0 Å². The van der Waals surface area contributed by atoms with Crippen molar-refractivity contribution in [3.63, 3.8) is 0 Å². The molecule has 4 heteroatoms. The van der Waals surface area contributed by atoms with E-state index in [4.69, 9.17) is 4.74 Å². The highest BCUT2D eigenvalue weighted by Crippen LogP contribution is 2.22. The largest absolute Gasteiger partial charge is 0.465 e. The topological polar surface area (TPSA) is 52.6 Å². The van der Waals surface area contributed by atoms with E-state index in [9.17, 15) is 9.59 Å². The van der Waals surface area contributed by atoms with Gasteiger partial charge >= 0.3 is 5.97 Å². The zero-order valence-electron chi connectivity index (χ0n) is 17.5. The lowest BCUT2D eigenvalue weighted by atomic mass is 10.00. The summed E-state index contributed by atoms with van der Waals surface area (Å²) in [5, 5.41) is 0. The Morgan fingerprint density at radius 1 is 0.767 bits per heavy atom. The number of ketones is 1. The van der Waals surface area contributed by atoms with Crippen LogP contribution in [0, 0.1) is 0 Å². The van der Waals surface area contributed by atoms with Crippen molar-refractivity contribution in [3.8, 4) is 0 Å². The summed E-state index contributed by atoms with van der Waals surface area (Å²) in [6.45, 7) is 2.72. The van der Waals surface area contributed by atoms with Gasteiger partial charge in [-0.2, -0.15) is 0 Å². The van der Waals surface area contributed by atoms with Gasteiger partial charge in [-0.3, -0.25) is 4.79 Å². The maximum absolute atomic E-state index is 12.6. The molecule has 0 radical (unpaired) electrons. The molecule has 4 nitrogen and oxygen atoms in total. The van der Waals surface area contributed by atoms with Gasteiger partial charge in [-0.05, 0) is 24.1 Å². The molecule has 3 aromatic rings.